The van der Waals surface area contributed by atoms with E-state index in [1.807, 2.05) is 39.3 Å². The van der Waals surface area contributed by atoms with Gasteiger partial charge in [-0.15, -0.1) is 0 Å². The molecule has 0 aliphatic carbocycles. The van der Waals surface area contributed by atoms with Gasteiger partial charge < -0.3 is 15.1 Å². The Morgan fingerprint density at radius 3 is 2.30 bits per heavy atom. The van der Waals surface area contributed by atoms with Crippen molar-refractivity contribution >= 4 is 27.5 Å². The lowest BCUT2D eigenvalue weighted by atomic mass is 10.1. The first kappa shape index (κ1) is 20.3. The molecule has 1 aromatic heterocycles. The smallest absolute Gasteiger partial charge is 0.238 e. The van der Waals surface area contributed by atoms with Crippen LogP contribution in [0.5, 0.6) is 0 Å². The van der Waals surface area contributed by atoms with Gasteiger partial charge in [-0.2, -0.15) is 0 Å². The molecule has 0 saturated carbocycles. The van der Waals surface area contributed by atoms with Crippen molar-refractivity contribution < 1.29 is 15.0 Å². The quantitative estimate of drug-likeness (QED) is 0.660. The molecule has 1 rings (SSSR count). The number of amides is 1. The molecule has 0 saturated heterocycles. The molecule has 0 spiro atoms. The summed E-state index contributed by atoms with van der Waals surface area (Å²) in [5, 5.41) is 18.4. The summed E-state index contributed by atoms with van der Waals surface area (Å²) in [5.74, 6) is 0.124. The van der Waals surface area contributed by atoms with Gasteiger partial charge in [-0.05, 0) is 50.6 Å². The fraction of sp³-hybridized carbons (Fsp3) is 0.625. The molecule has 0 aliphatic rings. The zero-order valence-electron chi connectivity index (χ0n) is 14.2. The maximum absolute atomic E-state index is 12.4. The van der Waals surface area contributed by atoms with Crippen molar-refractivity contribution in [2.45, 2.75) is 44.6 Å². The lowest BCUT2D eigenvalue weighted by Gasteiger charge is -2.28. The number of hydrogen-bond donors (Lipinski definition) is 2. The SMILES string of the molecule is CSSC(C)(C)C(=O)N(C)CCCc1cc(CO)nc(CO)c1. The van der Waals surface area contributed by atoms with E-state index in [0.29, 0.717) is 17.9 Å². The fourth-order valence-electron chi connectivity index (χ4n) is 2.35. The number of aryl methyl sites for hydroxylation is 1. The van der Waals surface area contributed by atoms with E-state index in [0.717, 1.165) is 18.4 Å². The molecule has 5 nitrogen and oxygen atoms in total. The molecule has 7 heteroatoms. The molecule has 0 fully saturated rings. The summed E-state index contributed by atoms with van der Waals surface area (Å²) >= 11 is 0. The van der Waals surface area contributed by atoms with E-state index < -0.39 is 4.75 Å². The molecule has 23 heavy (non-hydrogen) atoms. The Morgan fingerprint density at radius 1 is 1.26 bits per heavy atom. The molecule has 1 heterocycles. The first-order chi connectivity index (χ1) is 10.8. The number of rotatable bonds is 9. The van der Waals surface area contributed by atoms with E-state index in [-0.39, 0.29) is 19.1 Å². The summed E-state index contributed by atoms with van der Waals surface area (Å²) in [5.41, 5.74) is 2.15. The number of aliphatic hydroxyl groups excluding tert-OH is 2. The maximum atomic E-state index is 12.4. The highest BCUT2D eigenvalue weighted by molar-refractivity contribution is 8.77. The standard InChI is InChI=1S/C16H26N2O3S2/c1-16(2,23-22-4)15(21)18(3)7-5-6-12-8-13(10-19)17-14(9-12)11-20/h8-9,19-20H,5-7,10-11H2,1-4H3. The topological polar surface area (TPSA) is 73.7 Å². The van der Waals surface area contributed by atoms with Crippen LogP contribution in [0, 0.1) is 0 Å². The molecular weight excluding hydrogens is 332 g/mol. The van der Waals surface area contributed by atoms with Crippen LogP contribution >= 0.6 is 21.6 Å². The van der Waals surface area contributed by atoms with Gasteiger partial charge >= 0.3 is 0 Å². The summed E-state index contributed by atoms with van der Waals surface area (Å²) in [6.07, 6.45) is 3.57. The lowest BCUT2D eigenvalue weighted by molar-refractivity contribution is -0.131. The largest absolute Gasteiger partial charge is 0.390 e. The minimum atomic E-state index is -0.432. The summed E-state index contributed by atoms with van der Waals surface area (Å²) in [4.78, 5) is 18.3. The van der Waals surface area contributed by atoms with Crippen LogP contribution in [-0.2, 0) is 24.4 Å². The van der Waals surface area contributed by atoms with Crippen molar-refractivity contribution in [1.29, 1.82) is 0 Å². The molecule has 0 radical (unpaired) electrons. The van der Waals surface area contributed by atoms with Crippen LogP contribution in [0.15, 0.2) is 12.1 Å². The molecular formula is C16H26N2O3S2. The van der Waals surface area contributed by atoms with Gasteiger partial charge in [0, 0.05) is 13.6 Å². The number of hydrogen-bond acceptors (Lipinski definition) is 6. The van der Waals surface area contributed by atoms with Gasteiger partial charge in [0.2, 0.25) is 5.91 Å². The van der Waals surface area contributed by atoms with Crippen molar-refractivity contribution in [2.24, 2.45) is 0 Å². The van der Waals surface area contributed by atoms with E-state index >= 15 is 0 Å². The van der Waals surface area contributed by atoms with Crippen LogP contribution in [0.25, 0.3) is 0 Å². The Labute approximate surface area is 146 Å². The summed E-state index contributed by atoms with van der Waals surface area (Å²) in [6.45, 7) is 4.27. The van der Waals surface area contributed by atoms with Crippen LogP contribution in [0.1, 0.15) is 37.2 Å². The lowest BCUT2D eigenvalue weighted by Crippen LogP contribution is -2.41. The van der Waals surface area contributed by atoms with Gasteiger partial charge in [0.15, 0.2) is 0 Å². The number of nitrogens with zero attached hydrogens (tertiary/aromatic N) is 2. The first-order valence-electron chi connectivity index (χ1n) is 7.52. The second-order valence-corrected chi connectivity index (χ2v) is 8.89. The molecule has 130 valence electrons. The molecule has 0 atom stereocenters. The molecule has 1 amide bonds. The third-order valence-corrected chi connectivity index (χ3v) is 5.94. The Kier molecular flexibility index (Phi) is 8.39. The monoisotopic (exact) mass is 358 g/mol. The van der Waals surface area contributed by atoms with Gasteiger partial charge in [0.1, 0.15) is 0 Å². The van der Waals surface area contributed by atoms with E-state index in [1.54, 1.807) is 26.5 Å². The molecule has 2 N–H and O–H groups in total. The van der Waals surface area contributed by atoms with Crippen molar-refractivity contribution in [1.82, 2.24) is 9.88 Å². The van der Waals surface area contributed by atoms with Crippen molar-refractivity contribution in [3.05, 3.63) is 29.1 Å². The Morgan fingerprint density at radius 2 is 1.83 bits per heavy atom. The number of carbonyl (C=O) groups excluding carboxylic acids is 1. The van der Waals surface area contributed by atoms with Crippen LogP contribution in [0.4, 0.5) is 0 Å². The van der Waals surface area contributed by atoms with Gasteiger partial charge in [-0.3, -0.25) is 9.78 Å². The van der Waals surface area contributed by atoms with Crippen LogP contribution < -0.4 is 0 Å². The summed E-state index contributed by atoms with van der Waals surface area (Å²) in [7, 11) is 5.00. The molecule has 1 aromatic rings. The zero-order chi connectivity index (χ0) is 17.5. The normalized spacial score (nSPS) is 11.6. The second kappa shape index (κ2) is 9.52. The summed E-state index contributed by atoms with van der Waals surface area (Å²) < 4.78 is -0.432. The number of pyridine rings is 1. The van der Waals surface area contributed by atoms with E-state index in [4.69, 9.17) is 0 Å². The van der Waals surface area contributed by atoms with E-state index in [2.05, 4.69) is 4.98 Å². The molecule has 0 aliphatic heterocycles. The summed E-state index contributed by atoms with van der Waals surface area (Å²) in [6, 6.07) is 3.68. The van der Waals surface area contributed by atoms with E-state index in [9.17, 15) is 15.0 Å². The van der Waals surface area contributed by atoms with Crippen molar-refractivity contribution in [3.63, 3.8) is 0 Å². The Hall–Kier alpha value is -0.760. The third-order valence-electron chi connectivity index (χ3n) is 3.43. The highest BCUT2D eigenvalue weighted by atomic mass is 33.1. The average Bonchev–Trinajstić information content (AvgIpc) is 2.53. The van der Waals surface area contributed by atoms with Crippen LogP contribution in [0.3, 0.4) is 0 Å². The Balaban J connectivity index is 2.58. The van der Waals surface area contributed by atoms with Crippen LogP contribution in [0.2, 0.25) is 0 Å². The minimum Gasteiger partial charge on any atom is -0.390 e. The maximum Gasteiger partial charge on any atom is 0.238 e. The zero-order valence-corrected chi connectivity index (χ0v) is 15.8. The average molecular weight is 359 g/mol. The third kappa shape index (κ3) is 6.33. The van der Waals surface area contributed by atoms with Gasteiger partial charge in [0.05, 0.1) is 29.3 Å². The number of carbonyl (C=O) groups is 1. The van der Waals surface area contributed by atoms with Gasteiger partial charge in [-0.1, -0.05) is 21.6 Å². The highest BCUT2D eigenvalue weighted by Gasteiger charge is 2.30. The Bertz CT molecular complexity index is 502. The molecule has 0 unspecified atom stereocenters. The molecule has 0 aromatic carbocycles. The predicted molar refractivity (Wildman–Crippen MR) is 97.2 cm³/mol. The van der Waals surface area contributed by atoms with Crippen LogP contribution in [-0.4, -0.2) is 50.6 Å². The van der Waals surface area contributed by atoms with Crippen molar-refractivity contribution in [3.8, 4) is 0 Å². The van der Waals surface area contributed by atoms with E-state index in [1.165, 1.54) is 0 Å². The van der Waals surface area contributed by atoms with Crippen molar-refractivity contribution in [2.75, 3.05) is 19.8 Å². The highest BCUT2D eigenvalue weighted by Crippen LogP contribution is 2.34. The number of aliphatic hydroxyl groups is 2. The van der Waals surface area contributed by atoms with Gasteiger partial charge in [0.25, 0.3) is 0 Å². The second-order valence-electron chi connectivity index (χ2n) is 5.86. The minimum absolute atomic E-state index is 0.124. The first-order valence-corrected chi connectivity index (χ1v) is 10.1. The fourth-order valence-corrected chi connectivity index (χ4v) is 4.46. The molecule has 0 bridgehead atoms. The number of aromatic nitrogens is 1. The van der Waals surface area contributed by atoms with Gasteiger partial charge in [-0.25, -0.2) is 0 Å². The predicted octanol–water partition coefficient (Wildman–Crippen LogP) is 2.25.